The van der Waals surface area contributed by atoms with Crippen molar-refractivity contribution < 1.29 is 9.84 Å². The van der Waals surface area contributed by atoms with Crippen molar-refractivity contribution in [1.29, 1.82) is 0 Å². The Bertz CT molecular complexity index is 715. The summed E-state index contributed by atoms with van der Waals surface area (Å²) in [7, 11) is 0. The molecular formula is C19H20N2O2S. The Morgan fingerprint density at radius 2 is 1.83 bits per heavy atom. The molecule has 2 heterocycles. The molecule has 0 bridgehead atoms. The van der Waals surface area contributed by atoms with Crippen LogP contribution in [0.25, 0.3) is 0 Å². The molecule has 3 rings (SSSR count). The monoisotopic (exact) mass is 340 g/mol. The number of aromatic nitrogens is 1. The highest BCUT2D eigenvalue weighted by Gasteiger charge is 2.06. The normalized spacial score (nSPS) is 12.0. The van der Waals surface area contributed by atoms with Crippen LogP contribution in [-0.4, -0.2) is 16.6 Å². The summed E-state index contributed by atoms with van der Waals surface area (Å²) >= 11 is 1.60. The molecule has 0 aliphatic carbocycles. The highest BCUT2D eigenvalue weighted by Crippen LogP contribution is 2.16. The number of aliphatic hydroxyl groups excluding tert-OH is 1. The molecule has 1 atom stereocenters. The summed E-state index contributed by atoms with van der Waals surface area (Å²) in [5.74, 6) is 0.842. The first kappa shape index (κ1) is 16.6. The maximum absolute atomic E-state index is 10.0. The Hall–Kier alpha value is -2.21. The molecule has 0 radical (unpaired) electrons. The van der Waals surface area contributed by atoms with Gasteiger partial charge in [-0.15, -0.1) is 0 Å². The van der Waals surface area contributed by atoms with Gasteiger partial charge in [0.1, 0.15) is 12.4 Å². The Kier molecular flexibility index (Phi) is 5.96. The molecule has 2 N–H and O–H groups in total. The predicted octanol–water partition coefficient (Wildman–Crippen LogP) is 3.55. The Morgan fingerprint density at radius 3 is 2.54 bits per heavy atom. The first-order valence-electron chi connectivity index (χ1n) is 7.83. The molecule has 0 amide bonds. The number of hydrogen-bond donors (Lipinski definition) is 2. The lowest BCUT2D eigenvalue weighted by atomic mass is 10.2. The fourth-order valence-corrected chi connectivity index (χ4v) is 2.99. The van der Waals surface area contributed by atoms with Crippen molar-refractivity contribution in [3.05, 3.63) is 82.3 Å². The zero-order chi connectivity index (χ0) is 16.6. The fourth-order valence-electron chi connectivity index (χ4n) is 2.28. The van der Waals surface area contributed by atoms with Gasteiger partial charge in [-0.3, -0.25) is 4.98 Å². The number of rotatable bonds is 8. The van der Waals surface area contributed by atoms with Crippen molar-refractivity contribution in [3.8, 4) is 5.75 Å². The van der Waals surface area contributed by atoms with E-state index in [1.54, 1.807) is 23.7 Å². The van der Waals surface area contributed by atoms with Gasteiger partial charge in [-0.2, -0.15) is 11.3 Å². The van der Waals surface area contributed by atoms with E-state index in [1.165, 1.54) is 0 Å². The van der Waals surface area contributed by atoms with Gasteiger partial charge < -0.3 is 15.2 Å². The van der Waals surface area contributed by atoms with E-state index < -0.39 is 6.10 Å². The molecule has 0 fully saturated rings. The van der Waals surface area contributed by atoms with Crippen LogP contribution in [0.5, 0.6) is 5.75 Å². The molecule has 124 valence electrons. The van der Waals surface area contributed by atoms with Crippen LogP contribution in [0, 0.1) is 0 Å². The van der Waals surface area contributed by atoms with Crippen LogP contribution in [0.3, 0.4) is 0 Å². The third-order valence-corrected chi connectivity index (χ3v) is 4.37. The summed E-state index contributed by atoms with van der Waals surface area (Å²) in [5, 5.41) is 17.3. The number of thiophene rings is 1. The second-order valence-electron chi connectivity index (χ2n) is 5.49. The molecule has 24 heavy (non-hydrogen) atoms. The van der Waals surface area contributed by atoms with Gasteiger partial charge in [-0.05, 0) is 57.8 Å². The minimum absolute atomic E-state index is 0.459. The highest BCUT2D eigenvalue weighted by atomic mass is 32.1. The van der Waals surface area contributed by atoms with E-state index in [0.29, 0.717) is 19.7 Å². The van der Waals surface area contributed by atoms with E-state index in [2.05, 4.69) is 10.3 Å². The smallest absolute Gasteiger partial charge is 0.119 e. The van der Waals surface area contributed by atoms with E-state index in [1.807, 2.05) is 53.2 Å². The van der Waals surface area contributed by atoms with Gasteiger partial charge in [-0.1, -0.05) is 12.1 Å². The van der Waals surface area contributed by atoms with Gasteiger partial charge in [-0.25, -0.2) is 0 Å². The summed E-state index contributed by atoms with van der Waals surface area (Å²) in [5.41, 5.74) is 3.22. The Balaban J connectivity index is 1.43. The number of nitrogens with one attached hydrogen (secondary N) is 1. The second kappa shape index (κ2) is 8.59. The topological polar surface area (TPSA) is 54.4 Å². The lowest BCUT2D eigenvalue weighted by Gasteiger charge is -2.11. The average Bonchev–Trinajstić information content (AvgIpc) is 3.17. The molecule has 0 saturated carbocycles. The zero-order valence-corrected chi connectivity index (χ0v) is 14.1. The van der Waals surface area contributed by atoms with E-state index in [0.717, 1.165) is 22.4 Å². The van der Waals surface area contributed by atoms with E-state index in [-0.39, 0.29) is 0 Å². The average molecular weight is 340 g/mol. The summed E-state index contributed by atoms with van der Waals surface area (Å²) in [4.78, 5) is 3.99. The van der Waals surface area contributed by atoms with Crippen LogP contribution in [0.1, 0.15) is 22.8 Å². The van der Waals surface area contributed by atoms with Crippen LogP contribution in [0.4, 0.5) is 0 Å². The van der Waals surface area contributed by atoms with Crippen molar-refractivity contribution in [2.45, 2.75) is 19.3 Å². The molecule has 1 aromatic carbocycles. The molecule has 0 saturated heterocycles. The fraction of sp³-hybridized carbons (Fsp3) is 0.211. The van der Waals surface area contributed by atoms with Crippen LogP contribution in [0.15, 0.2) is 65.6 Å². The number of pyridine rings is 1. The van der Waals surface area contributed by atoms with Gasteiger partial charge in [0.05, 0.1) is 6.10 Å². The Labute approximate surface area is 145 Å². The minimum Gasteiger partial charge on any atom is -0.489 e. The molecular weight excluding hydrogens is 320 g/mol. The summed E-state index contributed by atoms with van der Waals surface area (Å²) in [6.45, 7) is 1.79. The maximum atomic E-state index is 10.0. The number of benzene rings is 1. The first-order chi connectivity index (χ1) is 11.8. The molecule has 2 aromatic heterocycles. The van der Waals surface area contributed by atoms with Crippen molar-refractivity contribution >= 4 is 11.3 Å². The molecule has 0 aliphatic heterocycles. The molecule has 5 heteroatoms. The van der Waals surface area contributed by atoms with Gasteiger partial charge in [0.15, 0.2) is 0 Å². The van der Waals surface area contributed by atoms with Crippen LogP contribution >= 0.6 is 11.3 Å². The highest BCUT2D eigenvalue weighted by molar-refractivity contribution is 7.07. The summed E-state index contributed by atoms with van der Waals surface area (Å²) in [6, 6.07) is 13.8. The number of nitrogens with zero attached hydrogens (tertiary/aromatic N) is 1. The third kappa shape index (κ3) is 4.89. The minimum atomic E-state index is -0.459. The van der Waals surface area contributed by atoms with Gasteiger partial charge in [0.2, 0.25) is 0 Å². The standard InChI is InChI=1S/C19H20N2O2S/c22-19(17-7-10-24-14-17)12-21-11-15-1-3-18(4-2-15)23-13-16-5-8-20-9-6-16/h1-10,14,19,21-22H,11-13H2. The SMILES string of the molecule is OC(CNCc1ccc(OCc2ccncc2)cc1)c1ccsc1. The van der Waals surface area contributed by atoms with Gasteiger partial charge >= 0.3 is 0 Å². The number of hydrogen-bond acceptors (Lipinski definition) is 5. The predicted molar refractivity (Wildman–Crippen MR) is 96.0 cm³/mol. The molecule has 0 spiro atoms. The van der Waals surface area contributed by atoms with Crippen molar-refractivity contribution in [3.63, 3.8) is 0 Å². The van der Waals surface area contributed by atoms with E-state index >= 15 is 0 Å². The Morgan fingerprint density at radius 1 is 1.04 bits per heavy atom. The van der Waals surface area contributed by atoms with Gasteiger partial charge in [0.25, 0.3) is 0 Å². The van der Waals surface area contributed by atoms with Gasteiger partial charge in [0, 0.05) is 25.5 Å². The van der Waals surface area contributed by atoms with E-state index in [4.69, 9.17) is 4.74 Å². The van der Waals surface area contributed by atoms with Crippen LogP contribution in [-0.2, 0) is 13.2 Å². The second-order valence-corrected chi connectivity index (χ2v) is 6.27. The van der Waals surface area contributed by atoms with Crippen molar-refractivity contribution in [2.24, 2.45) is 0 Å². The quantitative estimate of drug-likeness (QED) is 0.658. The number of aliphatic hydroxyl groups is 1. The molecule has 1 unspecified atom stereocenters. The van der Waals surface area contributed by atoms with Crippen LogP contribution in [0.2, 0.25) is 0 Å². The molecule has 3 aromatic rings. The molecule has 4 nitrogen and oxygen atoms in total. The first-order valence-corrected chi connectivity index (χ1v) is 8.77. The molecule has 0 aliphatic rings. The van der Waals surface area contributed by atoms with Crippen LogP contribution < -0.4 is 10.1 Å². The summed E-state index contributed by atoms with van der Waals surface area (Å²) in [6.07, 6.45) is 3.06. The summed E-state index contributed by atoms with van der Waals surface area (Å²) < 4.78 is 5.75. The van der Waals surface area contributed by atoms with Crippen molar-refractivity contribution in [1.82, 2.24) is 10.3 Å². The lowest BCUT2D eigenvalue weighted by molar-refractivity contribution is 0.175. The largest absolute Gasteiger partial charge is 0.489 e. The number of ether oxygens (including phenoxy) is 1. The zero-order valence-electron chi connectivity index (χ0n) is 13.3. The van der Waals surface area contributed by atoms with E-state index in [9.17, 15) is 5.11 Å². The third-order valence-electron chi connectivity index (χ3n) is 3.67. The van der Waals surface area contributed by atoms with Crippen molar-refractivity contribution in [2.75, 3.05) is 6.54 Å². The maximum Gasteiger partial charge on any atom is 0.119 e. The lowest BCUT2D eigenvalue weighted by Crippen LogP contribution is -2.20.